The minimum Gasteiger partial charge on any atom is -0.381 e. The van der Waals surface area contributed by atoms with Gasteiger partial charge in [0.1, 0.15) is 0 Å². The Balaban J connectivity index is 1.64. The third-order valence-corrected chi connectivity index (χ3v) is 5.61. The topological polar surface area (TPSA) is 55.4 Å². The maximum atomic E-state index is 11.9. The van der Waals surface area contributed by atoms with Gasteiger partial charge in [0, 0.05) is 19.8 Å². The summed E-state index contributed by atoms with van der Waals surface area (Å²) in [4.78, 5) is 0. The number of ether oxygens (including phenoxy) is 1. The number of hydrogen-bond donors (Lipinski definition) is 1. The highest BCUT2D eigenvalue weighted by Crippen LogP contribution is 2.25. The lowest BCUT2D eigenvalue weighted by Crippen LogP contribution is -2.32. The van der Waals surface area contributed by atoms with Gasteiger partial charge in [-0.3, -0.25) is 0 Å². The predicted molar refractivity (Wildman–Crippen MR) is 71.9 cm³/mol. The van der Waals surface area contributed by atoms with E-state index in [9.17, 15) is 8.42 Å². The van der Waals surface area contributed by atoms with E-state index >= 15 is 0 Å². The minimum absolute atomic E-state index is 0.328. The van der Waals surface area contributed by atoms with Crippen molar-refractivity contribution in [1.29, 1.82) is 0 Å². The van der Waals surface area contributed by atoms with E-state index in [-0.39, 0.29) is 0 Å². The second-order valence-electron chi connectivity index (χ2n) is 5.70. The standard InChI is InChI=1S/C13H25NO3S/c15-18(16,11-13-4-1-2-5-13)14-8-7-12-6-3-9-17-10-12/h12-14H,1-11H2/t12-/m1/s1. The van der Waals surface area contributed by atoms with Crippen molar-refractivity contribution in [1.82, 2.24) is 4.72 Å². The van der Waals surface area contributed by atoms with Gasteiger partial charge >= 0.3 is 0 Å². The molecule has 1 saturated carbocycles. The molecule has 0 aromatic heterocycles. The molecule has 1 N–H and O–H groups in total. The Morgan fingerprint density at radius 3 is 2.44 bits per heavy atom. The Labute approximate surface area is 111 Å². The zero-order valence-corrected chi connectivity index (χ0v) is 11.9. The van der Waals surface area contributed by atoms with Crippen LogP contribution in [-0.2, 0) is 14.8 Å². The van der Waals surface area contributed by atoms with Crippen LogP contribution in [0.4, 0.5) is 0 Å². The van der Waals surface area contributed by atoms with Gasteiger partial charge in [-0.15, -0.1) is 0 Å². The molecule has 1 aliphatic heterocycles. The zero-order valence-electron chi connectivity index (χ0n) is 11.1. The van der Waals surface area contributed by atoms with E-state index in [1.165, 1.54) is 19.3 Å². The van der Waals surface area contributed by atoms with Gasteiger partial charge in [0.05, 0.1) is 5.75 Å². The van der Waals surface area contributed by atoms with Gasteiger partial charge < -0.3 is 4.74 Å². The van der Waals surface area contributed by atoms with E-state index in [2.05, 4.69) is 4.72 Å². The largest absolute Gasteiger partial charge is 0.381 e. The Kier molecular flexibility index (Phi) is 5.45. The molecule has 1 atom stereocenters. The van der Waals surface area contributed by atoms with Gasteiger partial charge in [0.2, 0.25) is 10.0 Å². The summed E-state index contributed by atoms with van der Waals surface area (Å²) in [6.45, 7) is 2.23. The lowest BCUT2D eigenvalue weighted by atomic mass is 9.99. The fourth-order valence-electron chi connectivity index (χ4n) is 3.00. The molecular weight excluding hydrogens is 250 g/mol. The van der Waals surface area contributed by atoms with Crippen LogP contribution in [0.5, 0.6) is 0 Å². The van der Waals surface area contributed by atoms with Gasteiger partial charge in [0.25, 0.3) is 0 Å². The summed E-state index contributed by atoms with van der Waals surface area (Å²) in [7, 11) is -3.06. The average molecular weight is 275 g/mol. The molecule has 2 rings (SSSR count). The van der Waals surface area contributed by atoms with Crippen LogP contribution in [0.15, 0.2) is 0 Å². The van der Waals surface area contributed by atoms with Crippen molar-refractivity contribution in [3.63, 3.8) is 0 Å². The minimum atomic E-state index is -3.06. The third-order valence-electron chi connectivity index (χ3n) is 4.06. The molecule has 0 unspecified atom stereocenters. The van der Waals surface area contributed by atoms with Crippen LogP contribution in [0.3, 0.4) is 0 Å². The van der Waals surface area contributed by atoms with Gasteiger partial charge in [-0.1, -0.05) is 12.8 Å². The summed E-state index contributed by atoms with van der Waals surface area (Å²) in [5.74, 6) is 1.25. The number of sulfonamides is 1. The third kappa shape index (κ3) is 4.86. The fraction of sp³-hybridized carbons (Fsp3) is 1.00. The number of hydrogen-bond acceptors (Lipinski definition) is 3. The summed E-state index contributed by atoms with van der Waals surface area (Å²) in [6, 6.07) is 0. The van der Waals surface area contributed by atoms with Crippen molar-refractivity contribution in [3.05, 3.63) is 0 Å². The molecule has 2 aliphatic rings. The quantitative estimate of drug-likeness (QED) is 0.805. The normalized spacial score (nSPS) is 26.6. The monoisotopic (exact) mass is 275 g/mol. The predicted octanol–water partition coefficient (Wildman–Crippen LogP) is 1.91. The summed E-state index contributed by atoms with van der Waals surface area (Å²) in [5, 5.41) is 0. The average Bonchev–Trinajstić information content (AvgIpc) is 2.82. The zero-order chi connectivity index (χ0) is 12.8. The number of nitrogens with one attached hydrogen (secondary N) is 1. The van der Waals surface area contributed by atoms with E-state index in [1.54, 1.807) is 0 Å². The van der Waals surface area contributed by atoms with Crippen molar-refractivity contribution in [2.45, 2.75) is 44.9 Å². The van der Waals surface area contributed by atoms with Crippen LogP contribution < -0.4 is 4.72 Å². The summed E-state index contributed by atoms with van der Waals surface area (Å²) in [5.41, 5.74) is 0. The molecule has 18 heavy (non-hydrogen) atoms. The molecule has 4 nitrogen and oxygen atoms in total. The van der Waals surface area contributed by atoms with E-state index < -0.39 is 10.0 Å². The second kappa shape index (κ2) is 6.87. The van der Waals surface area contributed by atoms with Crippen LogP contribution >= 0.6 is 0 Å². The summed E-state index contributed by atoms with van der Waals surface area (Å²) < 4.78 is 31.9. The molecule has 0 amide bonds. The van der Waals surface area contributed by atoms with Crippen molar-refractivity contribution < 1.29 is 13.2 Å². The second-order valence-corrected chi connectivity index (χ2v) is 7.55. The highest BCUT2D eigenvalue weighted by molar-refractivity contribution is 7.89. The molecule has 0 bridgehead atoms. The van der Waals surface area contributed by atoms with E-state index in [1.807, 2.05) is 0 Å². The molecule has 0 aromatic carbocycles. The van der Waals surface area contributed by atoms with Gasteiger partial charge in [0.15, 0.2) is 0 Å². The number of rotatable bonds is 6. The highest BCUT2D eigenvalue weighted by Gasteiger charge is 2.22. The summed E-state index contributed by atoms with van der Waals surface area (Å²) in [6.07, 6.45) is 7.74. The van der Waals surface area contributed by atoms with Crippen LogP contribution in [0.25, 0.3) is 0 Å². The van der Waals surface area contributed by atoms with Crippen LogP contribution in [-0.4, -0.2) is 33.9 Å². The van der Waals surface area contributed by atoms with Crippen LogP contribution in [0, 0.1) is 11.8 Å². The van der Waals surface area contributed by atoms with Crippen LogP contribution in [0.1, 0.15) is 44.9 Å². The molecule has 0 spiro atoms. The Morgan fingerprint density at radius 2 is 1.78 bits per heavy atom. The fourth-order valence-corrected chi connectivity index (χ4v) is 4.50. The first kappa shape index (κ1) is 14.3. The Hall–Kier alpha value is -0.130. The SMILES string of the molecule is O=S(=O)(CC1CCCC1)NCC[C@H]1CCCOC1. The molecule has 106 valence electrons. The molecule has 0 radical (unpaired) electrons. The van der Waals surface area contributed by atoms with E-state index in [4.69, 9.17) is 4.74 Å². The molecular formula is C13H25NO3S. The lowest BCUT2D eigenvalue weighted by Gasteiger charge is -2.22. The molecule has 2 fully saturated rings. The maximum absolute atomic E-state index is 11.9. The van der Waals surface area contributed by atoms with Gasteiger partial charge in [-0.25, -0.2) is 13.1 Å². The first-order valence-corrected chi connectivity index (χ1v) is 8.86. The van der Waals surface area contributed by atoms with Crippen molar-refractivity contribution in [3.8, 4) is 0 Å². The molecule has 1 saturated heterocycles. The van der Waals surface area contributed by atoms with Crippen LogP contribution in [0.2, 0.25) is 0 Å². The summed E-state index contributed by atoms with van der Waals surface area (Å²) >= 11 is 0. The molecule has 1 aliphatic carbocycles. The van der Waals surface area contributed by atoms with Crippen molar-refractivity contribution >= 4 is 10.0 Å². The molecule has 5 heteroatoms. The highest BCUT2D eigenvalue weighted by atomic mass is 32.2. The molecule has 1 heterocycles. The molecule has 0 aromatic rings. The lowest BCUT2D eigenvalue weighted by molar-refractivity contribution is 0.0523. The smallest absolute Gasteiger partial charge is 0.211 e. The first-order valence-electron chi connectivity index (χ1n) is 7.21. The maximum Gasteiger partial charge on any atom is 0.211 e. The van der Waals surface area contributed by atoms with Gasteiger partial charge in [-0.2, -0.15) is 0 Å². The van der Waals surface area contributed by atoms with Crippen molar-refractivity contribution in [2.24, 2.45) is 11.8 Å². The van der Waals surface area contributed by atoms with E-state index in [0.717, 1.165) is 38.9 Å². The van der Waals surface area contributed by atoms with E-state index in [0.29, 0.717) is 24.1 Å². The van der Waals surface area contributed by atoms with Gasteiger partial charge in [-0.05, 0) is 43.9 Å². The van der Waals surface area contributed by atoms with Crippen molar-refractivity contribution in [2.75, 3.05) is 25.5 Å². The Morgan fingerprint density at radius 1 is 1.06 bits per heavy atom. The Bertz CT molecular complexity index is 330. The first-order chi connectivity index (χ1) is 8.66.